The molecule has 1 aliphatic rings. The van der Waals surface area contributed by atoms with Crippen LogP contribution in [0, 0.1) is 5.92 Å². The van der Waals surface area contributed by atoms with Crippen LogP contribution in [0.3, 0.4) is 0 Å². The molecule has 2 N–H and O–H groups in total. The molecule has 2 atom stereocenters. The molecule has 2 heterocycles. The van der Waals surface area contributed by atoms with Crippen LogP contribution in [0.15, 0.2) is 15.9 Å². The molecule has 0 bridgehead atoms. The van der Waals surface area contributed by atoms with E-state index in [2.05, 4.69) is 39.6 Å². The Labute approximate surface area is 103 Å². The van der Waals surface area contributed by atoms with Crippen LogP contribution in [0.4, 0.5) is 0 Å². The average molecular weight is 290 g/mol. The van der Waals surface area contributed by atoms with E-state index in [9.17, 15) is 5.11 Å². The number of thiophene rings is 1. The van der Waals surface area contributed by atoms with Crippen molar-refractivity contribution in [1.82, 2.24) is 5.32 Å². The summed E-state index contributed by atoms with van der Waals surface area (Å²) in [5.41, 5.74) is -0.518. The normalized spacial score (nSPS) is 31.8. The van der Waals surface area contributed by atoms with E-state index in [0.717, 1.165) is 30.4 Å². The van der Waals surface area contributed by atoms with Gasteiger partial charge in [-0.05, 0) is 40.9 Å². The lowest BCUT2D eigenvalue weighted by molar-refractivity contribution is -0.0323. The van der Waals surface area contributed by atoms with Gasteiger partial charge in [0, 0.05) is 27.7 Å². The highest BCUT2D eigenvalue weighted by Crippen LogP contribution is 2.31. The molecule has 15 heavy (non-hydrogen) atoms. The second kappa shape index (κ2) is 4.53. The molecule has 0 aliphatic carbocycles. The van der Waals surface area contributed by atoms with Crippen molar-refractivity contribution >= 4 is 27.3 Å². The largest absolute Gasteiger partial charge is 0.389 e. The number of hydrogen-bond donors (Lipinski definition) is 2. The molecule has 4 heteroatoms. The van der Waals surface area contributed by atoms with E-state index < -0.39 is 5.60 Å². The van der Waals surface area contributed by atoms with Crippen LogP contribution in [0.2, 0.25) is 0 Å². The molecule has 84 valence electrons. The first-order valence-corrected chi connectivity index (χ1v) is 6.93. The van der Waals surface area contributed by atoms with Crippen LogP contribution >= 0.6 is 27.3 Å². The predicted octanol–water partition coefficient (Wildman–Crippen LogP) is 2.41. The summed E-state index contributed by atoms with van der Waals surface area (Å²) in [5.74, 6) is 0.326. The molecule has 1 aromatic rings. The van der Waals surface area contributed by atoms with Gasteiger partial charge in [0.2, 0.25) is 0 Å². The van der Waals surface area contributed by atoms with Crippen LogP contribution in [-0.2, 0) is 6.42 Å². The Morgan fingerprint density at radius 3 is 3.13 bits per heavy atom. The second-order valence-electron chi connectivity index (χ2n) is 4.37. The van der Waals surface area contributed by atoms with Crippen LogP contribution in [0.5, 0.6) is 0 Å². The number of aliphatic hydroxyl groups is 1. The third-order valence-corrected chi connectivity index (χ3v) is 4.90. The Bertz CT molecular complexity index is 341. The van der Waals surface area contributed by atoms with Crippen molar-refractivity contribution in [3.8, 4) is 0 Å². The van der Waals surface area contributed by atoms with Crippen LogP contribution in [0.25, 0.3) is 0 Å². The summed E-state index contributed by atoms with van der Waals surface area (Å²) in [6.07, 6.45) is 1.63. The maximum atomic E-state index is 10.6. The number of nitrogens with one attached hydrogen (secondary N) is 1. The zero-order valence-electron chi connectivity index (χ0n) is 8.79. The molecular formula is C11H16BrNOS. The molecule has 0 radical (unpaired) electrons. The van der Waals surface area contributed by atoms with E-state index in [1.165, 1.54) is 4.88 Å². The lowest BCUT2D eigenvalue weighted by Gasteiger charge is -2.38. The second-order valence-corrected chi connectivity index (χ2v) is 6.28. The monoisotopic (exact) mass is 289 g/mol. The van der Waals surface area contributed by atoms with Gasteiger partial charge in [0.05, 0.1) is 5.60 Å². The van der Waals surface area contributed by atoms with Gasteiger partial charge >= 0.3 is 0 Å². The Morgan fingerprint density at radius 1 is 1.73 bits per heavy atom. The van der Waals surface area contributed by atoms with E-state index in [0.29, 0.717) is 5.92 Å². The fourth-order valence-corrected chi connectivity index (χ4v) is 3.64. The minimum absolute atomic E-state index is 0.326. The van der Waals surface area contributed by atoms with Gasteiger partial charge in [-0.1, -0.05) is 6.92 Å². The summed E-state index contributed by atoms with van der Waals surface area (Å²) in [6.45, 7) is 3.96. The van der Waals surface area contributed by atoms with E-state index in [1.54, 1.807) is 11.3 Å². The fourth-order valence-electron chi connectivity index (χ4n) is 2.07. The van der Waals surface area contributed by atoms with E-state index in [1.807, 2.05) is 0 Å². The molecule has 0 amide bonds. The summed E-state index contributed by atoms with van der Waals surface area (Å²) >= 11 is 5.16. The van der Waals surface area contributed by atoms with Gasteiger partial charge < -0.3 is 10.4 Å². The summed E-state index contributed by atoms with van der Waals surface area (Å²) < 4.78 is 1.12. The van der Waals surface area contributed by atoms with Crippen molar-refractivity contribution in [3.05, 3.63) is 20.8 Å². The number of rotatable bonds is 2. The Morgan fingerprint density at radius 2 is 2.53 bits per heavy atom. The van der Waals surface area contributed by atoms with Gasteiger partial charge in [-0.3, -0.25) is 0 Å². The maximum absolute atomic E-state index is 10.6. The van der Waals surface area contributed by atoms with Gasteiger partial charge in [0.25, 0.3) is 0 Å². The highest BCUT2D eigenvalue weighted by atomic mass is 79.9. The van der Waals surface area contributed by atoms with Gasteiger partial charge in [-0.15, -0.1) is 11.3 Å². The Kier molecular flexibility index (Phi) is 3.50. The summed E-state index contributed by atoms with van der Waals surface area (Å²) in [7, 11) is 0. The predicted molar refractivity (Wildman–Crippen MR) is 67.3 cm³/mol. The van der Waals surface area contributed by atoms with Crippen molar-refractivity contribution in [1.29, 1.82) is 0 Å². The Hall–Kier alpha value is 0.1000. The zero-order chi connectivity index (χ0) is 10.9. The molecule has 2 unspecified atom stereocenters. The van der Waals surface area contributed by atoms with Crippen molar-refractivity contribution in [2.24, 2.45) is 5.92 Å². The molecular weight excluding hydrogens is 274 g/mol. The highest BCUT2D eigenvalue weighted by molar-refractivity contribution is 9.10. The molecule has 1 aliphatic heterocycles. The van der Waals surface area contributed by atoms with E-state index in [-0.39, 0.29) is 0 Å². The SMILES string of the molecule is CC1CNCCC1(O)Cc1cc(Br)cs1. The molecule has 2 rings (SSSR count). The first kappa shape index (κ1) is 11.6. The minimum atomic E-state index is -0.518. The first-order valence-electron chi connectivity index (χ1n) is 5.26. The smallest absolute Gasteiger partial charge is 0.0745 e. The first-order chi connectivity index (χ1) is 7.10. The lowest BCUT2D eigenvalue weighted by Crippen LogP contribution is -2.50. The molecule has 0 saturated carbocycles. The fraction of sp³-hybridized carbons (Fsp3) is 0.636. The number of hydrogen-bond acceptors (Lipinski definition) is 3. The van der Waals surface area contributed by atoms with Crippen LogP contribution < -0.4 is 5.32 Å². The van der Waals surface area contributed by atoms with Crippen molar-refractivity contribution in [2.45, 2.75) is 25.4 Å². The van der Waals surface area contributed by atoms with Gasteiger partial charge in [-0.25, -0.2) is 0 Å². The highest BCUT2D eigenvalue weighted by Gasteiger charge is 2.36. The average Bonchev–Trinajstić information content (AvgIpc) is 2.57. The van der Waals surface area contributed by atoms with Gasteiger partial charge in [-0.2, -0.15) is 0 Å². The lowest BCUT2D eigenvalue weighted by atomic mass is 9.80. The standard InChI is InChI=1S/C11H16BrNOS/c1-8-6-13-3-2-11(8,14)5-10-4-9(12)7-15-10/h4,7-8,13-14H,2-3,5-6H2,1H3. The number of halogens is 1. The van der Waals surface area contributed by atoms with Crippen LogP contribution in [0.1, 0.15) is 18.2 Å². The number of piperidine rings is 1. The third-order valence-electron chi connectivity index (χ3n) is 3.20. The molecule has 2 nitrogen and oxygen atoms in total. The summed E-state index contributed by atoms with van der Waals surface area (Å²) in [4.78, 5) is 1.26. The topological polar surface area (TPSA) is 32.3 Å². The Balaban J connectivity index is 2.08. The van der Waals surface area contributed by atoms with E-state index >= 15 is 0 Å². The molecule has 0 aromatic carbocycles. The van der Waals surface area contributed by atoms with E-state index in [4.69, 9.17) is 0 Å². The zero-order valence-corrected chi connectivity index (χ0v) is 11.2. The minimum Gasteiger partial charge on any atom is -0.389 e. The quantitative estimate of drug-likeness (QED) is 0.876. The maximum Gasteiger partial charge on any atom is 0.0745 e. The molecule has 1 aromatic heterocycles. The van der Waals surface area contributed by atoms with Gasteiger partial charge in [0.15, 0.2) is 0 Å². The molecule has 1 fully saturated rings. The van der Waals surface area contributed by atoms with Crippen molar-refractivity contribution in [2.75, 3.05) is 13.1 Å². The van der Waals surface area contributed by atoms with Crippen molar-refractivity contribution < 1.29 is 5.11 Å². The molecule has 0 spiro atoms. The summed E-state index contributed by atoms with van der Waals surface area (Å²) in [5, 5.41) is 15.9. The van der Waals surface area contributed by atoms with Gasteiger partial charge in [0.1, 0.15) is 0 Å². The molecule has 1 saturated heterocycles. The van der Waals surface area contributed by atoms with Crippen molar-refractivity contribution in [3.63, 3.8) is 0 Å². The third kappa shape index (κ3) is 2.61. The van der Waals surface area contributed by atoms with Crippen LogP contribution in [-0.4, -0.2) is 23.8 Å². The summed E-state index contributed by atoms with van der Waals surface area (Å²) in [6, 6.07) is 2.11.